The topological polar surface area (TPSA) is 99.0 Å². The fraction of sp³-hybridized carbons (Fsp3) is 0.429. The number of aryl methyl sites for hydroxylation is 1. The van der Waals surface area contributed by atoms with Crippen LogP contribution < -0.4 is 5.73 Å². The van der Waals surface area contributed by atoms with Crippen molar-refractivity contribution in [1.29, 1.82) is 0 Å². The first-order valence-electron chi connectivity index (χ1n) is 7.21. The van der Waals surface area contributed by atoms with Crippen LogP contribution in [0.3, 0.4) is 0 Å². The predicted octanol–water partition coefficient (Wildman–Crippen LogP) is 0.515. The van der Waals surface area contributed by atoms with Gasteiger partial charge in [0.25, 0.3) is 5.91 Å². The van der Waals surface area contributed by atoms with Crippen LogP contribution in [0.2, 0.25) is 5.02 Å². The van der Waals surface area contributed by atoms with Gasteiger partial charge in [0.2, 0.25) is 5.91 Å². The van der Waals surface area contributed by atoms with E-state index in [1.165, 1.54) is 10.9 Å². The highest BCUT2D eigenvalue weighted by Gasteiger charge is 2.31. The van der Waals surface area contributed by atoms with Gasteiger partial charge < -0.3 is 10.6 Å². The van der Waals surface area contributed by atoms with Crippen LogP contribution in [0.1, 0.15) is 34.7 Å². The zero-order chi connectivity index (χ0) is 16.7. The molecule has 0 saturated carbocycles. The molecule has 2 N–H and O–H groups in total. The predicted molar refractivity (Wildman–Crippen MR) is 82.8 cm³/mol. The van der Waals surface area contributed by atoms with Crippen molar-refractivity contribution in [2.45, 2.75) is 25.9 Å². The summed E-state index contributed by atoms with van der Waals surface area (Å²) in [6.45, 7) is 2.64. The average molecular weight is 337 g/mol. The number of primary amides is 1. The molecule has 0 saturated heterocycles. The maximum Gasteiger partial charge on any atom is 0.269 e. The molecule has 0 fully saturated rings. The zero-order valence-corrected chi connectivity index (χ0v) is 13.6. The number of amides is 2. The van der Waals surface area contributed by atoms with Crippen molar-refractivity contribution in [2.24, 2.45) is 12.8 Å². The minimum absolute atomic E-state index is 0.0882. The average Bonchev–Trinajstić information content (AvgIpc) is 3.09. The van der Waals surface area contributed by atoms with Gasteiger partial charge >= 0.3 is 0 Å². The minimum atomic E-state index is -0.581. The van der Waals surface area contributed by atoms with Gasteiger partial charge in [-0.2, -0.15) is 10.2 Å². The monoisotopic (exact) mass is 336 g/mol. The molecule has 23 heavy (non-hydrogen) atoms. The lowest BCUT2D eigenvalue weighted by Crippen LogP contribution is -2.40. The molecule has 1 aliphatic rings. The summed E-state index contributed by atoms with van der Waals surface area (Å²) in [6, 6.07) is -0.474. The Morgan fingerprint density at radius 1 is 1.43 bits per heavy atom. The van der Waals surface area contributed by atoms with Gasteiger partial charge in [-0.15, -0.1) is 0 Å². The van der Waals surface area contributed by atoms with E-state index in [9.17, 15) is 9.59 Å². The molecule has 0 bridgehead atoms. The largest absolute Gasteiger partial charge is 0.364 e. The van der Waals surface area contributed by atoms with E-state index in [-0.39, 0.29) is 11.6 Å². The summed E-state index contributed by atoms with van der Waals surface area (Å²) in [5.74, 6) is -0.669. The molecule has 3 heterocycles. The Morgan fingerprint density at radius 2 is 2.17 bits per heavy atom. The first kappa shape index (κ1) is 15.5. The summed E-state index contributed by atoms with van der Waals surface area (Å²) in [4.78, 5) is 25.9. The Labute approximate surface area is 137 Å². The van der Waals surface area contributed by atoms with E-state index in [4.69, 9.17) is 17.3 Å². The van der Waals surface area contributed by atoms with Gasteiger partial charge in [0.05, 0.1) is 11.2 Å². The molecule has 0 unspecified atom stereocenters. The van der Waals surface area contributed by atoms with E-state index in [1.54, 1.807) is 29.7 Å². The number of rotatable bonds is 3. The van der Waals surface area contributed by atoms with E-state index >= 15 is 0 Å². The highest BCUT2D eigenvalue weighted by atomic mass is 35.5. The molecular formula is C14H17ClN6O2. The van der Waals surface area contributed by atoms with Crippen molar-refractivity contribution in [1.82, 2.24) is 24.5 Å². The van der Waals surface area contributed by atoms with Crippen LogP contribution in [0.5, 0.6) is 0 Å². The summed E-state index contributed by atoms with van der Waals surface area (Å²) < 4.78 is 3.19. The molecule has 9 heteroatoms. The number of carbonyl (C=O) groups excluding carboxylic acids is 2. The first-order valence-corrected chi connectivity index (χ1v) is 7.59. The Hall–Kier alpha value is -2.35. The smallest absolute Gasteiger partial charge is 0.269 e. The number of nitrogens with two attached hydrogens (primary N) is 1. The van der Waals surface area contributed by atoms with Crippen LogP contribution in [0, 0.1) is 0 Å². The number of nitrogens with zero attached hydrogens (tertiary/aromatic N) is 5. The molecule has 1 atom stereocenters. The second-order valence-electron chi connectivity index (χ2n) is 5.59. The van der Waals surface area contributed by atoms with Gasteiger partial charge in [0.1, 0.15) is 6.04 Å². The number of fused-ring (bicyclic) bond motifs is 1. The van der Waals surface area contributed by atoms with Crippen molar-refractivity contribution in [3.8, 4) is 0 Å². The molecule has 0 aromatic carbocycles. The van der Waals surface area contributed by atoms with Gasteiger partial charge in [-0.05, 0) is 6.92 Å². The highest BCUT2D eigenvalue weighted by molar-refractivity contribution is 6.30. The second kappa shape index (κ2) is 5.69. The van der Waals surface area contributed by atoms with Gasteiger partial charge in [-0.3, -0.25) is 19.0 Å². The van der Waals surface area contributed by atoms with Crippen molar-refractivity contribution in [2.75, 3.05) is 6.54 Å². The number of hydrogen-bond donors (Lipinski definition) is 1. The third kappa shape index (κ3) is 2.70. The van der Waals surface area contributed by atoms with Crippen molar-refractivity contribution >= 4 is 23.4 Å². The van der Waals surface area contributed by atoms with Crippen LogP contribution in [0.25, 0.3) is 0 Å². The first-order chi connectivity index (χ1) is 10.9. The van der Waals surface area contributed by atoms with Crippen LogP contribution >= 0.6 is 11.6 Å². The summed E-state index contributed by atoms with van der Waals surface area (Å²) in [6.07, 6.45) is 3.73. The van der Waals surface area contributed by atoms with Crippen LogP contribution in [0.4, 0.5) is 0 Å². The molecule has 0 spiro atoms. The van der Waals surface area contributed by atoms with Gasteiger partial charge in [0, 0.05) is 44.0 Å². The summed E-state index contributed by atoms with van der Waals surface area (Å²) in [5, 5.41) is 8.71. The number of carbonyl (C=O) groups is 2. The van der Waals surface area contributed by atoms with Crippen molar-refractivity contribution < 1.29 is 9.59 Å². The summed E-state index contributed by atoms with van der Waals surface area (Å²) in [7, 11) is 1.77. The van der Waals surface area contributed by atoms with Crippen LogP contribution in [-0.4, -0.2) is 42.8 Å². The minimum Gasteiger partial charge on any atom is -0.364 e. The third-order valence-electron chi connectivity index (χ3n) is 4.11. The molecule has 2 aromatic heterocycles. The summed E-state index contributed by atoms with van der Waals surface area (Å²) in [5.41, 5.74) is 7.28. The molecule has 0 aliphatic carbocycles. The van der Waals surface area contributed by atoms with Gasteiger partial charge in [-0.25, -0.2) is 0 Å². The van der Waals surface area contributed by atoms with Crippen molar-refractivity contribution in [3.05, 3.63) is 34.4 Å². The van der Waals surface area contributed by atoms with E-state index < -0.39 is 11.9 Å². The Bertz CT molecular complexity index is 780. The normalized spacial score (nSPS) is 15.3. The molecule has 1 aliphatic heterocycles. The Morgan fingerprint density at radius 3 is 2.78 bits per heavy atom. The second-order valence-corrected chi connectivity index (χ2v) is 6.02. The zero-order valence-electron chi connectivity index (χ0n) is 12.9. The van der Waals surface area contributed by atoms with Gasteiger partial charge in [0.15, 0.2) is 5.69 Å². The molecular weight excluding hydrogens is 320 g/mol. The summed E-state index contributed by atoms with van der Waals surface area (Å²) >= 11 is 5.85. The standard InChI is InChI=1S/C14H17ClN6O2/c1-8(21-6-9(15)5-17-21)14(23)20-4-3-11-10(7-20)12(13(16)22)18-19(11)2/h5-6,8H,3-4,7H2,1-2H3,(H2,16,22)/t8-/m0/s1. The SMILES string of the molecule is C[C@@H](C(=O)N1CCc2c(c(C(N)=O)nn2C)C1)n1cc(Cl)cn1. The molecule has 0 radical (unpaired) electrons. The van der Waals surface area contributed by atoms with E-state index in [0.717, 1.165) is 11.3 Å². The molecule has 8 nitrogen and oxygen atoms in total. The fourth-order valence-electron chi connectivity index (χ4n) is 2.88. The maximum atomic E-state index is 12.7. The number of hydrogen-bond acceptors (Lipinski definition) is 4. The van der Waals surface area contributed by atoms with Crippen LogP contribution in [0.15, 0.2) is 12.4 Å². The molecule has 122 valence electrons. The van der Waals surface area contributed by atoms with Crippen LogP contribution in [-0.2, 0) is 24.8 Å². The Balaban J connectivity index is 1.84. The van der Waals surface area contributed by atoms with Gasteiger partial charge in [-0.1, -0.05) is 11.6 Å². The molecule has 2 amide bonds. The molecule has 2 aromatic rings. The number of halogens is 1. The number of aromatic nitrogens is 4. The maximum absolute atomic E-state index is 12.7. The lowest BCUT2D eigenvalue weighted by molar-refractivity contribution is -0.135. The van der Waals surface area contributed by atoms with E-state index in [2.05, 4.69) is 10.2 Å². The van der Waals surface area contributed by atoms with E-state index in [0.29, 0.717) is 24.5 Å². The fourth-order valence-corrected chi connectivity index (χ4v) is 3.03. The molecule has 3 rings (SSSR count). The quantitative estimate of drug-likeness (QED) is 0.883. The lowest BCUT2D eigenvalue weighted by Gasteiger charge is -2.29. The Kier molecular flexibility index (Phi) is 3.85. The highest BCUT2D eigenvalue weighted by Crippen LogP contribution is 2.24. The van der Waals surface area contributed by atoms with E-state index in [1.807, 2.05) is 0 Å². The van der Waals surface area contributed by atoms with Crippen molar-refractivity contribution in [3.63, 3.8) is 0 Å². The third-order valence-corrected chi connectivity index (χ3v) is 4.31. The lowest BCUT2D eigenvalue weighted by atomic mass is 10.0.